The molecule has 0 unspecified atom stereocenters. The zero-order valence-electron chi connectivity index (χ0n) is 11.5. The van der Waals surface area contributed by atoms with Gasteiger partial charge in [-0.25, -0.2) is 0 Å². The molecule has 0 saturated heterocycles. The van der Waals surface area contributed by atoms with E-state index >= 15 is 0 Å². The molecular formula is C14H20ClNO3. The van der Waals surface area contributed by atoms with Crippen LogP contribution in [0.3, 0.4) is 0 Å². The highest BCUT2D eigenvalue weighted by molar-refractivity contribution is 6.32. The van der Waals surface area contributed by atoms with Crippen molar-refractivity contribution in [3.8, 4) is 5.75 Å². The second kappa shape index (κ2) is 7.36. The van der Waals surface area contributed by atoms with E-state index in [9.17, 15) is 4.79 Å². The fourth-order valence-corrected chi connectivity index (χ4v) is 2.08. The van der Waals surface area contributed by atoms with Gasteiger partial charge in [0.25, 0.3) is 0 Å². The van der Waals surface area contributed by atoms with Crippen LogP contribution in [0.5, 0.6) is 5.75 Å². The summed E-state index contributed by atoms with van der Waals surface area (Å²) in [5.41, 5.74) is 1.05. The molecule has 0 radical (unpaired) electrons. The quantitative estimate of drug-likeness (QED) is 0.836. The Labute approximate surface area is 118 Å². The van der Waals surface area contributed by atoms with Gasteiger partial charge in [-0.1, -0.05) is 17.7 Å². The van der Waals surface area contributed by atoms with Crippen molar-refractivity contribution in [1.82, 2.24) is 4.90 Å². The first kappa shape index (κ1) is 15.8. The molecule has 1 aromatic rings. The molecule has 1 N–H and O–H groups in total. The minimum atomic E-state index is -0.779. The maximum absolute atomic E-state index is 10.7. The van der Waals surface area contributed by atoms with E-state index in [1.165, 1.54) is 0 Å². The summed E-state index contributed by atoms with van der Waals surface area (Å²) in [5.74, 6) is -0.134. The summed E-state index contributed by atoms with van der Waals surface area (Å²) in [6.45, 7) is 5.30. The molecule has 0 heterocycles. The molecule has 0 aromatic heterocycles. The van der Waals surface area contributed by atoms with Crippen molar-refractivity contribution in [2.24, 2.45) is 0 Å². The first-order valence-corrected chi connectivity index (χ1v) is 6.60. The van der Waals surface area contributed by atoms with E-state index in [1.807, 2.05) is 32.0 Å². The van der Waals surface area contributed by atoms with Crippen molar-refractivity contribution in [2.75, 3.05) is 13.7 Å². The van der Waals surface area contributed by atoms with Crippen LogP contribution in [-0.2, 0) is 11.3 Å². The number of halogens is 1. The summed E-state index contributed by atoms with van der Waals surface area (Å²) in [4.78, 5) is 12.8. The average molecular weight is 286 g/mol. The number of ether oxygens (including phenoxy) is 1. The molecule has 1 aromatic carbocycles. The summed E-state index contributed by atoms with van der Waals surface area (Å²) in [6, 6.07) is 5.91. The zero-order valence-corrected chi connectivity index (χ0v) is 12.3. The Kier molecular flexibility index (Phi) is 6.12. The van der Waals surface area contributed by atoms with Crippen LogP contribution in [0.15, 0.2) is 18.2 Å². The van der Waals surface area contributed by atoms with Crippen molar-refractivity contribution < 1.29 is 14.6 Å². The lowest BCUT2D eigenvalue weighted by Gasteiger charge is -2.26. The molecule has 0 atom stereocenters. The molecule has 4 nitrogen and oxygen atoms in total. The maximum atomic E-state index is 10.7. The number of rotatable bonds is 7. The molecule has 0 aliphatic carbocycles. The van der Waals surface area contributed by atoms with Crippen molar-refractivity contribution in [3.63, 3.8) is 0 Å². The molecule has 0 aliphatic rings. The monoisotopic (exact) mass is 285 g/mol. The molecule has 5 heteroatoms. The Hall–Kier alpha value is -1.26. The molecule has 0 fully saturated rings. The minimum absolute atomic E-state index is 0.141. The second-order valence-corrected chi connectivity index (χ2v) is 5.08. The highest BCUT2D eigenvalue weighted by atomic mass is 35.5. The number of methoxy groups -OCH3 is 1. The number of nitrogens with zero attached hydrogens (tertiary/aromatic N) is 1. The van der Waals surface area contributed by atoms with Gasteiger partial charge in [-0.3, -0.25) is 9.69 Å². The molecular weight excluding hydrogens is 266 g/mol. The van der Waals surface area contributed by atoms with Crippen LogP contribution in [0.2, 0.25) is 5.02 Å². The van der Waals surface area contributed by atoms with Gasteiger partial charge < -0.3 is 9.84 Å². The summed E-state index contributed by atoms with van der Waals surface area (Å²) in [7, 11) is 1.58. The predicted molar refractivity (Wildman–Crippen MR) is 75.8 cm³/mol. The van der Waals surface area contributed by atoms with Crippen molar-refractivity contribution in [1.29, 1.82) is 0 Å². The van der Waals surface area contributed by atoms with Crippen LogP contribution in [0, 0.1) is 0 Å². The van der Waals surface area contributed by atoms with E-state index in [4.69, 9.17) is 21.4 Å². The highest BCUT2D eigenvalue weighted by Gasteiger charge is 2.12. The Morgan fingerprint density at radius 1 is 1.47 bits per heavy atom. The normalized spacial score (nSPS) is 11.1. The van der Waals surface area contributed by atoms with E-state index in [-0.39, 0.29) is 12.5 Å². The summed E-state index contributed by atoms with van der Waals surface area (Å²) < 4.78 is 5.11. The Morgan fingerprint density at radius 2 is 2.16 bits per heavy atom. The smallest absolute Gasteiger partial charge is 0.304 e. The molecule has 0 aliphatic heterocycles. The van der Waals surface area contributed by atoms with Gasteiger partial charge >= 0.3 is 5.97 Å². The Bertz CT molecular complexity index is 435. The van der Waals surface area contributed by atoms with Gasteiger partial charge in [0.1, 0.15) is 5.75 Å². The maximum Gasteiger partial charge on any atom is 0.304 e. The Balaban J connectivity index is 2.73. The van der Waals surface area contributed by atoms with Crippen LogP contribution in [0.4, 0.5) is 0 Å². The number of carboxylic acids is 1. The van der Waals surface area contributed by atoms with Crippen LogP contribution >= 0.6 is 11.6 Å². The van der Waals surface area contributed by atoms with Crippen LogP contribution < -0.4 is 4.74 Å². The number of carbonyl (C=O) groups is 1. The number of carboxylic acid groups (broad SMARTS) is 1. The summed E-state index contributed by atoms with van der Waals surface area (Å²) in [5, 5.41) is 9.33. The lowest BCUT2D eigenvalue weighted by Crippen LogP contribution is -2.32. The predicted octanol–water partition coefficient (Wildman–Crippen LogP) is 3.03. The number of hydrogen-bond acceptors (Lipinski definition) is 3. The molecule has 0 bridgehead atoms. The third kappa shape index (κ3) is 5.09. The third-order valence-electron chi connectivity index (χ3n) is 2.95. The van der Waals surface area contributed by atoms with E-state index < -0.39 is 5.97 Å². The van der Waals surface area contributed by atoms with E-state index in [0.29, 0.717) is 23.9 Å². The van der Waals surface area contributed by atoms with Crippen LogP contribution in [0.1, 0.15) is 25.8 Å². The van der Waals surface area contributed by atoms with E-state index in [1.54, 1.807) is 7.11 Å². The van der Waals surface area contributed by atoms with Gasteiger partial charge in [0.2, 0.25) is 0 Å². The number of aliphatic carboxylic acids is 1. The standard InChI is InChI=1S/C14H20ClNO3/c1-10(2)16(7-6-14(17)18)9-11-4-5-13(19-3)12(15)8-11/h4-5,8,10H,6-7,9H2,1-3H3,(H,17,18). The molecule has 1 rings (SSSR count). The number of hydrogen-bond donors (Lipinski definition) is 1. The first-order valence-electron chi connectivity index (χ1n) is 6.22. The summed E-state index contributed by atoms with van der Waals surface area (Å²) in [6.07, 6.45) is 0.141. The lowest BCUT2D eigenvalue weighted by atomic mass is 10.1. The van der Waals surface area contributed by atoms with Gasteiger partial charge in [-0.15, -0.1) is 0 Å². The molecule has 0 amide bonds. The molecule has 0 spiro atoms. The highest BCUT2D eigenvalue weighted by Crippen LogP contribution is 2.25. The minimum Gasteiger partial charge on any atom is -0.495 e. The largest absolute Gasteiger partial charge is 0.495 e. The summed E-state index contributed by atoms with van der Waals surface area (Å²) >= 11 is 6.08. The van der Waals surface area contributed by atoms with Crippen molar-refractivity contribution in [3.05, 3.63) is 28.8 Å². The van der Waals surface area contributed by atoms with Gasteiger partial charge in [-0.05, 0) is 31.5 Å². The lowest BCUT2D eigenvalue weighted by molar-refractivity contribution is -0.137. The van der Waals surface area contributed by atoms with Gasteiger partial charge in [-0.2, -0.15) is 0 Å². The Morgan fingerprint density at radius 3 is 2.63 bits per heavy atom. The topological polar surface area (TPSA) is 49.8 Å². The third-order valence-corrected chi connectivity index (χ3v) is 3.24. The van der Waals surface area contributed by atoms with E-state index in [0.717, 1.165) is 5.56 Å². The van der Waals surface area contributed by atoms with Crippen molar-refractivity contribution >= 4 is 17.6 Å². The van der Waals surface area contributed by atoms with Gasteiger partial charge in [0.15, 0.2) is 0 Å². The molecule has 106 valence electrons. The van der Waals surface area contributed by atoms with E-state index in [2.05, 4.69) is 4.90 Å². The number of benzene rings is 1. The second-order valence-electron chi connectivity index (χ2n) is 4.68. The van der Waals surface area contributed by atoms with Crippen LogP contribution in [0.25, 0.3) is 0 Å². The van der Waals surface area contributed by atoms with Crippen LogP contribution in [-0.4, -0.2) is 35.7 Å². The fraction of sp³-hybridized carbons (Fsp3) is 0.500. The van der Waals surface area contributed by atoms with Gasteiger partial charge in [0.05, 0.1) is 18.6 Å². The molecule has 0 saturated carbocycles. The average Bonchev–Trinajstić information content (AvgIpc) is 2.34. The first-order chi connectivity index (χ1) is 8.93. The zero-order chi connectivity index (χ0) is 14.4. The van der Waals surface area contributed by atoms with Gasteiger partial charge in [0, 0.05) is 19.1 Å². The fourth-order valence-electron chi connectivity index (χ4n) is 1.80. The SMILES string of the molecule is COc1ccc(CN(CCC(=O)O)C(C)C)cc1Cl. The van der Waals surface area contributed by atoms with Crippen molar-refractivity contribution in [2.45, 2.75) is 32.9 Å². The molecule has 19 heavy (non-hydrogen) atoms.